The van der Waals surface area contributed by atoms with Gasteiger partial charge in [0.05, 0.1) is 47.4 Å². The van der Waals surface area contributed by atoms with Gasteiger partial charge in [-0.2, -0.15) is 18.3 Å². The molecule has 1 unspecified atom stereocenters. The summed E-state index contributed by atoms with van der Waals surface area (Å²) in [6.45, 7) is 9.62. The first kappa shape index (κ1) is 34.1. The van der Waals surface area contributed by atoms with Crippen LogP contribution in [0.1, 0.15) is 100 Å². The molecule has 42 heavy (non-hydrogen) atoms. The van der Waals surface area contributed by atoms with Crippen molar-refractivity contribution in [3.63, 3.8) is 0 Å². The standard InChI is InChI=1S/C29H39Cl2F3N4O4/c1-7-42-23(39)12-28(5)10-8-18(9-11-28)38-25(29(32,33)34)19(13-36-38)26(40)37(17-27(2,3)4)16-22(41-6)24-20(30)14-35-15-21(24)31/h13-15,18,22H,7-12,16-17H2,1-6H3/t18-,22?,28-. The second-order valence-corrected chi connectivity index (χ2v) is 13.2. The van der Waals surface area contributed by atoms with Gasteiger partial charge in [-0.05, 0) is 43.4 Å². The van der Waals surface area contributed by atoms with Crippen molar-refractivity contribution >= 4 is 35.1 Å². The molecule has 0 aliphatic heterocycles. The average Bonchev–Trinajstić information content (AvgIpc) is 3.32. The Bertz CT molecular complexity index is 1230. The molecule has 0 aromatic carbocycles. The first-order valence-corrected chi connectivity index (χ1v) is 14.7. The molecule has 2 aromatic heterocycles. The largest absolute Gasteiger partial charge is 0.466 e. The SMILES string of the molecule is CCOC(=O)C[C@]1(C)CC[C@@H](n2ncc(C(=O)N(CC(OC)c3c(Cl)cncc3Cl)CC(C)(C)C)c2C(F)(F)F)CC1. The highest BCUT2D eigenvalue weighted by atomic mass is 35.5. The van der Waals surface area contributed by atoms with Crippen LogP contribution in [0.3, 0.4) is 0 Å². The average molecular weight is 636 g/mol. The van der Waals surface area contributed by atoms with Crippen LogP contribution in [0, 0.1) is 10.8 Å². The summed E-state index contributed by atoms with van der Waals surface area (Å²) in [5.74, 6) is -1.14. The monoisotopic (exact) mass is 634 g/mol. The molecule has 2 heterocycles. The molecule has 13 heteroatoms. The highest BCUT2D eigenvalue weighted by molar-refractivity contribution is 6.35. The molecule has 0 radical (unpaired) electrons. The number of carbonyl (C=O) groups is 2. The fourth-order valence-corrected chi connectivity index (χ4v) is 6.14. The lowest BCUT2D eigenvalue weighted by Gasteiger charge is -2.37. The zero-order valence-corrected chi connectivity index (χ0v) is 26.4. The number of halogens is 5. The van der Waals surface area contributed by atoms with Crippen molar-refractivity contribution in [1.82, 2.24) is 19.7 Å². The molecule has 8 nitrogen and oxygen atoms in total. The minimum atomic E-state index is -4.83. The van der Waals surface area contributed by atoms with Crippen LogP contribution in [0.2, 0.25) is 10.0 Å². The predicted molar refractivity (Wildman–Crippen MR) is 153 cm³/mol. The summed E-state index contributed by atoms with van der Waals surface area (Å²) in [4.78, 5) is 31.2. The molecule has 2 aromatic rings. The van der Waals surface area contributed by atoms with E-state index in [-0.39, 0.29) is 47.5 Å². The predicted octanol–water partition coefficient (Wildman–Crippen LogP) is 7.55. The van der Waals surface area contributed by atoms with E-state index in [1.54, 1.807) is 6.92 Å². The van der Waals surface area contributed by atoms with Crippen molar-refractivity contribution < 1.29 is 32.2 Å². The Hall–Kier alpha value is -2.37. The highest BCUT2D eigenvalue weighted by Gasteiger charge is 2.44. The number of alkyl halides is 3. The minimum Gasteiger partial charge on any atom is -0.466 e. The van der Waals surface area contributed by atoms with Gasteiger partial charge in [0.1, 0.15) is 6.10 Å². The van der Waals surface area contributed by atoms with Crippen LogP contribution >= 0.6 is 23.2 Å². The molecule has 0 spiro atoms. The van der Waals surface area contributed by atoms with Gasteiger partial charge in [-0.25, -0.2) is 0 Å². The number of hydrogen-bond donors (Lipinski definition) is 0. The lowest BCUT2D eigenvalue weighted by Crippen LogP contribution is -2.41. The Morgan fingerprint density at radius 1 is 1.14 bits per heavy atom. The van der Waals surface area contributed by atoms with Gasteiger partial charge < -0.3 is 14.4 Å². The van der Waals surface area contributed by atoms with Crippen LogP contribution in [0.5, 0.6) is 0 Å². The molecule has 1 amide bonds. The van der Waals surface area contributed by atoms with Gasteiger partial charge in [-0.3, -0.25) is 19.3 Å². The molecule has 1 aliphatic rings. The van der Waals surface area contributed by atoms with E-state index in [1.807, 2.05) is 27.7 Å². The third-order valence-electron chi connectivity index (χ3n) is 7.51. The lowest BCUT2D eigenvalue weighted by molar-refractivity contribution is -0.146. The van der Waals surface area contributed by atoms with Crippen molar-refractivity contribution in [3.8, 4) is 0 Å². The summed E-state index contributed by atoms with van der Waals surface area (Å²) in [6, 6.07) is -0.573. The Balaban J connectivity index is 1.94. The maximum absolute atomic E-state index is 14.6. The van der Waals surface area contributed by atoms with Gasteiger partial charge >= 0.3 is 12.1 Å². The van der Waals surface area contributed by atoms with E-state index in [4.69, 9.17) is 32.7 Å². The molecule has 0 bridgehead atoms. The summed E-state index contributed by atoms with van der Waals surface area (Å²) in [5.41, 5.74) is -2.06. The quantitative estimate of drug-likeness (QED) is 0.251. The molecule has 1 aliphatic carbocycles. The van der Waals surface area contributed by atoms with Crippen LogP contribution in [-0.2, 0) is 20.4 Å². The van der Waals surface area contributed by atoms with Gasteiger partial charge in [-0.15, -0.1) is 0 Å². The van der Waals surface area contributed by atoms with Gasteiger partial charge in [0.2, 0.25) is 0 Å². The van der Waals surface area contributed by atoms with Crippen LogP contribution in [-0.4, -0.2) is 58.3 Å². The molecule has 1 atom stereocenters. The van der Waals surface area contributed by atoms with Gasteiger partial charge in [-0.1, -0.05) is 50.9 Å². The van der Waals surface area contributed by atoms with E-state index in [0.29, 0.717) is 31.2 Å². The van der Waals surface area contributed by atoms with Crippen molar-refractivity contribution in [2.24, 2.45) is 10.8 Å². The van der Waals surface area contributed by atoms with Gasteiger partial charge in [0.25, 0.3) is 5.91 Å². The van der Waals surface area contributed by atoms with E-state index in [1.165, 1.54) is 24.4 Å². The van der Waals surface area contributed by atoms with Crippen LogP contribution in [0.25, 0.3) is 0 Å². The second-order valence-electron chi connectivity index (χ2n) is 12.4. The Morgan fingerprint density at radius 2 is 1.74 bits per heavy atom. The number of amides is 1. The lowest BCUT2D eigenvalue weighted by atomic mass is 9.72. The number of rotatable bonds is 10. The van der Waals surface area contributed by atoms with Gasteiger partial charge in [0.15, 0.2) is 5.69 Å². The molecule has 3 rings (SSSR count). The zero-order valence-electron chi connectivity index (χ0n) is 24.9. The van der Waals surface area contributed by atoms with Crippen LogP contribution in [0.15, 0.2) is 18.6 Å². The topological polar surface area (TPSA) is 86.6 Å². The van der Waals surface area contributed by atoms with E-state index < -0.39 is 40.9 Å². The van der Waals surface area contributed by atoms with Crippen molar-refractivity contribution in [2.75, 3.05) is 26.8 Å². The minimum absolute atomic E-state index is 0.103. The maximum atomic E-state index is 14.6. The fraction of sp³-hybridized carbons (Fsp3) is 0.655. The summed E-state index contributed by atoms with van der Waals surface area (Å²) in [7, 11) is 1.41. The summed E-state index contributed by atoms with van der Waals surface area (Å²) in [6.07, 6.45) is 0.133. The number of hydrogen-bond acceptors (Lipinski definition) is 6. The number of pyridine rings is 1. The first-order chi connectivity index (χ1) is 19.5. The number of carbonyl (C=O) groups excluding carboxylic acids is 2. The summed E-state index contributed by atoms with van der Waals surface area (Å²) in [5, 5.41) is 4.54. The zero-order chi connectivity index (χ0) is 31.5. The summed E-state index contributed by atoms with van der Waals surface area (Å²) >= 11 is 12.7. The van der Waals surface area contributed by atoms with Crippen LogP contribution in [0.4, 0.5) is 13.2 Å². The van der Waals surface area contributed by atoms with Crippen molar-refractivity contribution in [1.29, 1.82) is 0 Å². The van der Waals surface area contributed by atoms with E-state index in [0.717, 1.165) is 10.9 Å². The van der Waals surface area contributed by atoms with E-state index in [9.17, 15) is 22.8 Å². The number of methoxy groups -OCH3 is 1. The molecule has 1 saturated carbocycles. The molecule has 0 N–H and O–H groups in total. The fourth-order valence-electron chi connectivity index (χ4n) is 5.53. The number of nitrogens with zero attached hydrogens (tertiary/aromatic N) is 4. The van der Waals surface area contributed by atoms with Gasteiger partial charge in [0, 0.05) is 31.6 Å². The third-order valence-corrected chi connectivity index (χ3v) is 8.12. The van der Waals surface area contributed by atoms with Crippen LogP contribution < -0.4 is 0 Å². The normalized spacial score (nSPS) is 20.3. The second kappa shape index (κ2) is 13.5. The first-order valence-electron chi connectivity index (χ1n) is 13.9. The molecule has 1 fully saturated rings. The summed E-state index contributed by atoms with van der Waals surface area (Å²) < 4.78 is 55.5. The van der Waals surface area contributed by atoms with E-state index in [2.05, 4.69) is 10.1 Å². The van der Waals surface area contributed by atoms with Crippen molar-refractivity contribution in [3.05, 3.63) is 45.5 Å². The third kappa shape index (κ3) is 8.38. The maximum Gasteiger partial charge on any atom is 0.433 e. The number of esters is 1. The highest BCUT2D eigenvalue weighted by Crippen LogP contribution is 2.45. The number of aromatic nitrogens is 3. The smallest absolute Gasteiger partial charge is 0.433 e. The molecular weight excluding hydrogens is 596 g/mol. The number of ether oxygens (including phenoxy) is 2. The molecule has 0 saturated heterocycles. The Kier molecular flexibility index (Phi) is 11.0. The Morgan fingerprint density at radius 3 is 2.24 bits per heavy atom. The Labute approximate surface area is 254 Å². The molecular formula is C29H39Cl2F3N4O4. The van der Waals surface area contributed by atoms with E-state index >= 15 is 0 Å². The van der Waals surface area contributed by atoms with Crippen molar-refractivity contribution in [2.45, 2.75) is 85.0 Å². The molecule has 234 valence electrons.